The molecule has 3 rings (SSSR count). The molecule has 1 heterocycles. The smallest absolute Gasteiger partial charge is 0.335 e. The Kier molecular flexibility index (Phi) is 6.40. The third kappa shape index (κ3) is 4.79. The molecule has 0 unspecified atom stereocenters. The van der Waals surface area contributed by atoms with E-state index in [-0.39, 0.29) is 48.1 Å². The number of hydrogen-bond donors (Lipinski definition) is 2. The first kappa shape index (κ1) is 21.4. The molecule has 2 aromatic rings. The van der Waals surface area contributed by atoms with Gasteiger partial charge in [-0.3, -0.25) is 15.5 Å². The molecule has 1 saturated heterocycles. The Hall–Kier alpha value is -3.35. The Balaban J connectivity index is 1.88. The summed E-state index contributed by atoms with van der Waals surface area (Å²) in [6, 6.07) is 9.33. The zero-order valence-electron chi connectivity index (χ0n) is 15.6. The van der Waals surface area contributed by atoms with E-state index in [0.29, 0.717) is 5.56 Å². The average molecular weight is 434 g/mol. The lowest BCUT2D eigenvalue weighted by atomic mass is 10.1. The Labute approximate surface area is 171 Å². The molecular formula is C18H18N4O7S. The van der Waals surface area contributed by atoms with Gasteiger partial charge >= 0.3 is 5.97 Å². The van der Waals surface area contributed by atoms with Crippen LogP contribution in [-0.2, 0) is 14.8 Å². The first-order chi connectivity index (χ1) is 14.3. The van der Waals surface area contributed by atoms with Gasteiger partial charge in [0, 0.05) is 25.2 Å². The van der Waals surface area contributed by atoms with Crippen molar-refractivity contribution in [3.8, 4) is 0 Å². The number of nitro groups is 1. The number of sulfonamides is 1. The molecule has 2 aromatic carbocycles. The first-order valence-corrected chi connectivity index (χ1v) is 10.2. The number of ether oxygens (including phenoxy) is 1. The predicted octanol–water partition coefficient (Wildman–Crippen LogP) is 1.76. The molecule has 11 nitrogen and oxygen atoms in total. The number of nitro benzene ring substituents is 1. The molecule has 0 atom stereocenters. The summed E-state index contributed by atoms with van der Waals surface area (Å²) < 4.78 is 32.4. The fourth-order valence-electron chi connectivity index (χ4n) is 2.74. The van der Waals surface area contributed by atoms with E-state index in [1.165, 1.54) is 46.9 Å². The minimum absolute atomic E-state index is 0.0745. The number of hydrogen-bond acceptors (Lipinski definition) is 8. The van der Waals surface area contributed by atoms with E-state index in [2.05, 4.69) is 10.5 Å². The third-order valence-electron chi connectivity index (χ3n) is 4.32. The molecule has 0 saturated carbocycles. The van der Waals surface area contributed by atoms with Crippen LogP contribution in [0.3, 0.4) is 0 Å². The number of rotatable bonds is 7. The van der Waals surface area contributed by atoms with Crippen LogP contribution in [0.2, 0.25) is 0 Å². The van der Waals surface area contributed by atoms with Gasteiger partial charge in [-0.1, -0.05) is 12.1 Å². The Morgan fingerprint density at radius 2 is 1.87 bits per heavy atom. The SMILES string of the molecule is O=C(O)c1ccc(C=NNc2ccc([N+](=O)[O-])cc2S(=O)(=O)N2CCOCC2)cc1. The standard InChI is InChI=1S/C18H18N4O7S/c23-18(24)14-3-1-13(2-4-14)12-19-20-16-6-5-15(22(25)26)11-17(16)30(27,28)21-7-9-29-10-8-21/h1-6,11-12,20H,7-10H2,(H,23,24). The summed E-state index contributed by atoms with van der Waals surface area (Å²) in [5.41, 5.74) is 3.01. The van der Waals surface area contributed by atoms with Crippen molar-refractivity contribution < 1.29 is 28.0 Å². The second kappa shape index (κ2) is 8.98. The molecule has 0 bridgehead atoms. The first-order valence-electron chi connectivity index (χ1n) is 8.78. The predicted molar refractivity (Wildman–Crippen MR) is 107 cm³/mol. The molecule has 12 heteroatoms. The van der Waals surface area contributed by atoms with Gasteiger partial charge in [-0.05, 0) is 23.8 Å². The highest BCUT2D eigenvalue weighted by molar-refractivity contribution is 7.89. The number of aromatic carboxylic acids is 1. The number of non-ortho nitro benzene ring substituents is 1. The van der Waals surface area contributed by atoms with Gasteiger partial charge in [0.05, 0.1) is 35.6 Å². The summed E-state index contributed by atoms with van der Waals surface area (Å²) in [6.45, 7) is 0.760. The lowest BCUT2D eigenvalue weighted by Gasteiger charge is -2.26. The number of morpholine rings is 1. The number of carbonyl (C=O) groups is 1. The average Bonchev–Trinajstić information content (AvgIpc) is 2.74. The molecule has 30 heavy (non-hydrogen) atoms. The lowest BCUT2D eigenvalue weighted by molar-refractivity contribution is -0.385. The summed E-state index contributed by atoms with van der Waals surface area (Å²) in [5, 5.41) is 24.0. The number of carboxylic acid groups (broad SMARTS) is 1. The van der Waals surface area contributed by atoms with E-state index in [4.69, 9.17) is 9.84 Å². The fourth-order valence-corrected chi connectivity index (χ4v) is 4.31. The maximum atomic E-state index is 13.0. The van der Waals surface area contributed by atoms with Crippen molar-refractivity contribution >= 4 is 33.6 Å². The maximum absolute atomic E-state index is 13.0. The van der Waals surface area contributed by atoms with Crippen LogP contribution >= 0.6 is 0 Å². The van der Waals surface area contributed by atoms with Crippen LogP contribution in [0.5, 0.6) is 0 Å². The Morgan fingerprint density at radius 3 is 2.47 bits per heavy atom. The summed E-state index contributed by atoms with van der Waals surface area (Å²) in [6.07, 6.45) is 1.37. The Bertz CT molecular complexity index is 1080. The zero-order chi connectivity index (χ0) is 21.7. The van der Waals surface area contributed by atoms with Gasteiger partial charge in [-0.25, -0.2) is 13.2 Å². The van der Waals surface area contributed by atoms with Crippen molar-refractivity contribution in [1.82, 2.24) is 4.31 Å². The monoisotopic (exact) mass is 434 g/mol. The Morgan fingerprint density at radius 1 is 1.20 bits per heavy atom. The van der Waals surface area contributed by atoms with E-state index < -0.39 is 20.9 Å². The fraction of sp³-hybridized carbons (Fsp3) is 0.222. The van der Waals surface area contributed by atoms with Gasteiger partial charge in [0.15, 0.2) is 0 Å². The highest BCUT2D eigenvalue weighted by Crippen LogP contribution is 2.29. The molecule has 1 aliphatic heterocycles. The van der Waals surface area contributed by atoms with Gasteiger partial charge in [0.25, 0.3) is 5.69 Å². The van der Waals surface area contributed by atoms with Gasteiger partial charge < -0.3 is 9.84 Å². The summed E-state index contributed by atoms with van der Waals surface area (Å²) >= 11 is 0. The molecule has 0 aromatic heterocycles. The highest BCUT2D eigenvalue weighted by Gasteiger charge is 2.30. The van der Waals surface area contributed by atoms with E-state index in [9.17, 15) is 23.3 Å². The number of anilines is 1. The molecule has 0 radical (unpaired) electrons. The van der Waals surface area contributed by atoms with Crippen molar-refractivity contribution in [1.29, 1.82) is 0 Å². The van der Waals surface area contributed by atoms with Crippen molar-refractivity contribution in [3.05, 3.63) is 63.7 Å². The molecule has 0 spiro atoms. The molecule has 1 aliphatic rings. The van der Waals surface area contributed by atoms with E-state index in [0.717, 1.165) is 6.07 Å². The minimum Gasteiger partial charge on any atom is -0.478 e. The largest absolute Gasteiger partial charge is 0.478 e. The van der Waals surface area contributed by atoms with Crippen molar-refractivity contribution in [3.63, 3.8) is 0 Å². The second-order valence-electron chi connectivity index (χ2n) is 6.25. The van der Waals surface area contributed by atoms with Gasteiger partial charge in [-0.15, -0.1) is 0 Å². The number of hydrazone groups is 1. The summed E-state index contributed by atoms with van der Waals surface area (Å²) in [4.78, 5) is 21.1. The van der Waals surface area contributed by atoms with Crippen LogP contribution in [0.1, 0.15) is 15.9 Å². The third-order valence-corrected chi connectivity index (χ3v) is 6.26. The normalized spacial score (nSPS) is 15.2. The number of benzene rings is 2. The zero-order valence-corrected chi connectivity index (χ0v) is 16.4. The molecule has 1 fully saturated rings. The van der Waals surface area contributed by atoms with E-state index in [1.807, 2.05) is 0 Å². The number of nitrogens with one attached hydrogen (secondary N) is 1. The number of carboxylic acids is 1. The van der Waals surface area contributed by atoms with E-state index in [1.54, 1.807) is 0 Å². The van der Waals surface area contributed by atoms with Gasteiger partial charge in [0.2, 0.25) is 10.0 Å². The quantitative estimate of drug-likeness (QED) is 0.380. The minimum atomic E-state index is -4.01. The van der Waals surface area contributed by atoms with Crippen molar-refractivity contribution in [2.24, 2.45) is 5.10 Å². The van der Waals surface area contributed by atoms with Crippen LogP contribution in [0.4, 0.5) is 11.4 Å². The molecule has 0 amide bonds. The molecule has 158 valence electrons. The van der Waals surface area contributed by atoms with Gasteiger partial charge in [-0.2, -0.15) is 9.41 Å². The molecule has 0 aliphatic carbocycles. The van der Waals surface area contributed by atoms with Crippen LogP contribution < -0.4 is 5.43 Å². The van der Waals surface area contributed by atoms with Crippen molar-refractivity contribution in [2.45, 2.75) is 4.90 Å². The van der Waals surface area contributed by atoms with Crippen LogP contribution in [0.25, 0.3) is 0 Å². The van der Waals surface area contributed by atoms with Crippen LogP contribution in [-0.4, -0.2) is 61.2 Å². The van der Waals surface area contributed by atoms with E-state index >= 15 is 0 Å². The van der Waals surface area contributed by atoms with Crippen LogP contribution in [0.15, 0.2) is 52.5 Å². The maximum Gasteiger partial charge on any atom is 0.335 e. The van der Waals surface area contributed by atoms with Crippen molar-refractivity contribution in [2.75, 3.05) is 31.7 Å². The van der Waals surface area contributed by atoms with Gasteiger partial charge in [0.1, 0.15) is 4.90 Å². The molecular weight excluding hydrogens is 416 g/mol. The lowest BCUT2D eigenvalue weighted by Crippen LogP contribution is -2.40. The molecule has 2 N–H and O–H groups in total. The number of nitrogens with zero attached hydrogens (tertiary/aromatic N) is 3. The highest BCUT2D eigenvalue weighted by atomic mass is 32.2. The second-order valence-corrected chi connectivity index (χ2v) is 8.16. The van der Waals surface area contributed by atoms with Crippen LogP contribution in [0, 0.1) is 10.1 Å². The topological polar surface area (TPSA) is 151 Å². The summed E-state index contributed by atoms with van der Waals surface area (Å²) in [5.74, 6) is -1.06. The summed E-state index contributed by atoms with van der Waals surface area (Å²) in [7, 11) is -4.01.